The Balaban J connectivity index is 1.40. The van der Waals surface area contributed by atoms with Crippen LogP contribution in [0.5, 0.6) is 11.5 Å². The van der Waals surface area contributed by atoms with E-state index in [9.17, 15) is 4.79 Å². The lowest BCUT2D eigenvalue weighted by molar-refractivity contribution is 0.102. The molecule has 0 fully saturated rings. The number of anilines is 2. The summed E-state index contributed by atoms with van der Waals surface area (Å²) in [5.74, 6) is 1.55. The van der Waals surface area contributed by atoms with Gasteiger partial charge in [0.15, 0.2) is 11.5 Å². The first-order chi connectivity index (χ1) is 13.7. The van der Waals surface area contributed by atoms with Crippen LogP contribution in [0.3, 0.4) is 0 Å². The lowest BCUT2D eigenvalue weighted by atomic mass is 10.1. The van der Waals surface area contributed by atoms with Crippen LogP contribution in [0.2, 0.25) is 0 Å². The van der Waals surface area contributed by atoms with Crippen molar-refractivity contribution < 1.29 is 14.3 Å². The summed E-state index contributed by atoms with van der Waals surface area (Å²) in [6, 6.07) is 15.4. The number of hydrogen-bond donors (Lipinski definition) is 2. The molecule has 1 unspecified atom stereocenters. The lowest BCUT2D eigenvalue weighted by Gasteiger charge is -2.19. The molecule has 2 N–H and O–H groups in total. The number of fused-ring (bicyclic) bond motifs is 1. The Bertz CT molecular complexity index is 961. The molecule has 28 heavy (non-hydrogen) atoms. The molecule has 1 atom stereocenters. The summed E-state index contributed by atoms with van der Waals surface area (Å²) < 4.78 is 11.0. The van der Waals surface area contributed by atoms with Gasteiger partial charge in [0.1, 0.15) is 24.7 Å². The Labute approximate surface area is 162 Å². The van der Waals surface area contributed by atoms with Gasteiger partial charge in [-0.15, -0.1) is 0 Å². The first kappa shape index (κ1) is 17.8. The molecule has 0 saturated heterocycles. The average molecular weight is 376 g/mol. The van der Waals surface area contributed by atoms with E-state index in [1.165, 1.54) is 6.20 Å². The Morgan fingerprint density at radius 2 is 1.79 bits per heavy atom. The molecule has 1 aliphatic heterocycles. The summed E-state index contributed by atoms with van der Waals surface area (Å²) in [6.45, 7) is 3.06. The van der Waals surface area contributed by atoms with E-state index in [0.29, 0.717) is 36.2 Å². The number of aromatic nitrogens is 2. The lowest BCUT2D eigenvalue weighted by Crippen LogP contribution is -2.17. The van der Waals surface area contributed by atoms with Crippen molar-refractivity contribution in [1.29, 1.82) is 0 Å². The number of hydrogen-bond acceptors (Lipinski definition) is 6. The van der Waals surface area contributed by atoms with E-state index in [1.54, 1.807) is 24.4 Å². The first-order valence-corrected chi connectivity index (χ1v) is 9.03. The topological polar surface area (TPSA) is 85.4 Å². The van der Waals surface area contributed by atoms with Gasteiger partial charge in [0.05, 0.1) is 12.4 Å². The fourth-order valence-corrected chi connectivity index (χ4v) is 2.88. The molecule has 7 nitrogen and oxygen atoms in total. The number of rotatable bonds is 5. The van der Waals surface area contributed by atoms with E-state index < -0.39 is 0 Å². The quantitative estimate of drug-likeness (QED) is 0.707. The maximum absolute atomic E-state index is 12.4. The zero-order valence-electron chi connectivity index (χ0n) is 15.4. The molecule has 142 valence electrons. The van der Waals surface area contributed by atoms with Gasteiger partial charge >= 0.3 is 0 Å². The maximum Gasteiger partial charge on any atom is 0.275 e. The monoisotopic (exact) mass is 376 g/mol. The molecule has 2 aromatic carbocycles. The summed E-state index contributed by atoms with van der Waals surface area (Å²) in [5.41, 5.74) is 1.98. The van der Waals surface area contributed by atoms with Gasteiger partial charge in [-0.2, -0.15) is 0 Å². The van der Waals surface area contributed by atoms with Crippen molar-refractivity contribution in [1.82, 2.24) is 9.97 Å². The minimum Gasteiger partial charge on any atom is -0.486 e. The zero-order chi connectivity index (χ0) is 19.3. The molecule has 0 bridgehead atoms. The van der Waals surface area contributed by atoms with Gasteiger partial charge < -0.3 is 20.1 Å². The second-order valence-corrected chi connectivity index (χ2v) is 6.38. The van der Waals surface area contributed by atoms with Crippen molar-refractivity contribution in [3.8, 4) is 11.5 Å². The molecule has 4 rings (SSSR count). The van der Waals surface area contributed by atoms with E-state index in [0.717, 1.165) is 5.56 Å². The Hall–Kier alpha value is -3.61. The predicted octanol–water partition coefficient (Wildman–Crippen LogP) is 3.67. The SMILES string of the molecule is CC(Nc1cnc(C(=O)Nc2ccc3c(c2)OCCO3)cn1)c1ccccc1. The standard InChI is InChI=1S/C21H20N4O3/c1-14(15-5-3-2-4-6-15)24-20-13-22-17(12-23-20)21(26)25-16-7-8-18-19(11-16)28-10-9-27-18/h2-8,11-14H,9-10H2,1H3,(H,23,24)(H,25,26). The van der Waals surface area contributed by atoms with Crippen molar-refractivity contribution in [2.45, 2.75) is 13.0 Å². The molecule has 0 spiro atoms. The number of benzene rings is 2. The Morgan fingerprint density at radius 1 is 1.00 bits per heavy atom. The summed E-state index contributed by atoms with van der Waals surface area (Å²) in [4.78, 5) is 20.9. The number of ether oxygens (including phenoxy) is 2. The highest BCUT2D eigenvalue weighted by Crippen LogP contribution is 2.32. The van der Waals surface area contributed by atoms with Crippen LogP contribution in [-0.4, -0.2) is 29.1 Å². The molecule has 0 radical (unpaired) electrons. The van der Waals surface area contributed by atoms with Crippen LogP contribution in [0.15, 0.2) is 60.9 Å². The molecule has 1 aromatic heterocycles. The molecule has 1 aliphatic rings. The van der Waals surface area contributed by atoms with Crippen LogP contribution in [0.25, 0.3) is 0 Å². The molecule has 0 aliphatic carbocycles. The molecule has 7 heteroatoms. The predicted molar refractivity (Wildman–Crippen MR) is 106 cm³/mol. The van der Waals surface area contributed by atoms with Crippen molar-refractivity contribution in [3.05, 3.63) is 72.2 Å². The summed E-state index contributed by atoms with van der Waals surface area (Å²) in [5, 5.41) is 6.07. The zero-order valence-corrected chi connectivity index (χ0v) is 15.4. The number of carbonyl (C=O) groups is 1. The fraction of sp³-hybridized carbons (Fsp3) is 0.190. The highest BCUT2D eigenvalue weighted by molar-refractivity contribution is 6.02. The highest BCUT2D eigenvalue weighted by atomic mass is 16.6. The number of nitrogens with zero attached hydrogens (tertiary/aromatic N) is 2. The fourth-order valence-electron chi connectivity index (χ4n) is 2.88. The van der Waals surface area contributed by atoms with Gasteiger partial charge in [0, 0.05) is 17.8 Å². The number of amides is 1. The average Bonchev–Trinajstić information content (AvgIpc) is 2.75. The molecular weight excluding hydrogens is 356 g/mol. The maximum atomic E-state index is 12.4. The normalized spacial score (nSPS) is 13.5. The van der Waals surface area contributed by atoms with Gasteiger partial charge in [-0.3, -0.25) is 4.79 Å². The van der Waals surface area contributed by atoms with Gasteiger partial charge in [-0.05, 0) is 24.6 Å². The van der Waals surface area contributed by atoms with Crippen molar-refractivity contribution >= 4 is 17.4 Å². The van der Waals surface area contributed by atoms with E-state index in [-0.39, 0.29) is 17.6 Å². The van der Waals surface area contributed by atoms with Crippen LogP contribution in [0, 0.1) is 0 Å². The molecule has 0 saturated carbocycles. The highest BCUT2D eigenvalue weighted by Gasteiger charge is 2.14. The minimum absolute atomic E-state index is 0.0768. The van der Waals surface area contributed by atoms with Crippen LogP contribution in [-0.2, 0) is 0 Å². The largest absolute Gasteiger partial charge is 0.486 e. The number of nitrogens with one attached hydrogen (secondary N) is 2. The van der Waals surface area contributed by atoms with Crippen LogP contribution < -0.4 is 20.1 Å². The summed E-state index contributed by atoms with van der Waals surface area (Å²) in [7, 11) is 0. The van der Waals surface area contributed by atoms with E-state index in [1.807, 2.05) is 37.3 Å². The second kappa shape index (κ2) is 7.96. The smallest absolute Gasteiger partial charge is 0.275 e. The van der Waals surface area contributed by atoms with Crippen LogP contribution in [0.1, 0.15) is 29.0 Å². The minimum atomic E-state index is -0.341. The summed E-state index contributed by atoms with van der Waals surface area (Å²) >= 11 is 0. The van der Waals surface area contributed by atoms with Gasteiger partial charge in [0.25, 0.3) is 5.91 Å². The van der Waals surface area contributed by atoms with E-state index in [4.69, 9.17) is 9.47 Å². The van der Waals surface area contributed by atoms with Crippen LogP contribution >= 0.6 is 0 Å². The molecular formula is C21H20N4O3. The van der Waals surface area contributed by atoms with E-state index >= 15 is 0 Å². The molecule has 1 amide bonds. The molecule has 3 aromatic rings. The van der Waals surface area contributed by atoms with Gasteiger partial charge in [0.2, 0.25) is 0 Å². The van der Waals surface area contributed by atoms with Gasteiger partial charge in [-0.1, -0.05) is 30.3 Å². The van der Waals surface area contributed by atoms with Gasteiger partial charge in [-0.25, -0.2) is 9.97 Å². The third-order valence-electron chi connectivity index (χ3n) is 4.35. The Kier molecular flexibility index (Phi) is 5.05. The first-order valence-electron chi connectivity index (χ1n) is 9.03. The second-order valence-electron chi connectivity index (χ2n) is 6.38. The number of carbonyl (C=O) groups excluding carboxylic acids is 1. The van der Waals surface area contributed by atoms with Crippen molar-refractivity contribution in [2.75, 3.05) is 23.8 Å². The third-order valence-corrected chi connectivity index (χ3v) is 4.35. The Morgan fingerprint density at radius 3 is 2.54 bits per heavy atom. The van der Waals surface area contributed by atoms with Crippen molar-refractivity contribution in [2.24, 2.45) is 0 Å². The van der Waals surface area contributed by atoms with Crippen molar-refractivity contribution in [3.63, 3.8) is 0 Å². The third kappa shape index (κ3) is 4.03. The van der Waals surface area contributed by atoms with E-state index in [2.05, 4.69) is 20.6 Å². The molecule has 2 heterocycles. The van der Waals surface area contributed by atoms with Crippen LogP contribution in [0.4, 0.5) is 11.5 Å². The summed E-state index contributed by atoms with van der Waals surface area (Å²) in [6.07, 6.45) is 3.01.